The summed E-state index contributed by atoms with van der Waals surface area (Å²) in [7, 11) is -1.25. The average Bonchev–Trinajstić information content (AvgIpc) is 2.55. The van der Waals surface area contributed by atoms with Crippen molar-refractivity contribution in [3.63, 3.8) is 0 Å². The first-order chi connectivity index (χ1) is 12.1. The Morgan fingerprint density at radius 1 is 0.885 bits per heavy atom. The van der Waals surface area contributed by atoms with E-state index in [1.165, 1.54) is 0 Å². The van der Waals surface area contributed by atoms with Crippen molar-refractivity contribution in [3.05, 3.63) is 12.3 Å². The number of hydrogen-bond donors (Lipinski definition) is 0. The molecule has 12 heteroatoms. The van der Waals surface area contributed by atoms with Crippen LogP contribution in [0.1, 0.15) is 27.2 Å². The number of carbonyl (C=O) groups is 3. The van der Waals surface area contributed by atoms with Gasteiger partial charge in [-0.2, -0.15) is 0 Å². The fourth-order valence-corrected chi connectivity index (χ4v) is 5.28. The van der Waals surface area contributed by atoms with Crippen molar-refractivity contribution in [1.82, 2.24) is 0 Å². The normalized spacial score (nSPS) is 10.9. The van der Waals surface area contributed by atoms with Crippen LogP contribution in [0.15, 0.2) is 12.3 Å². The molecule has 0 heterocycles. The smallest absolute Gasteiger partial charge is 0.452 e. The lowest BCUT2D eigenvalue weighted by Gasteiger charge is -2.23. The second-order valence-electron chi connectivity index (χ2n) is 4.68. The van der Waals surface area contributed by atoms with Crippen LogP contribution in [0, 0.1) is 0 Å². The Morgan fingerprint density at radius 3 is 1.42 bits per heavy atom. The Bertz CT molecular complexity index is 420. The van der Waals surface area contributed by atoms with Crippen LogP contribution < -0.4 is 0 Å². The molecule has 0 saturated carbocycles. The fraction of sp³-hybridized carbons (Fsp3) is 0.643. The van der Waals surface area contributed by atoms with Crippen LogP contribution in [0.3, 0.4) is 0 Å². The zero-order valence-corrected chi connectivity index (χ0v) is 18.7. The van der Waals surface area contributed by atoms with Gasteiger partial charge in [0.15, 0.2) is 0 Å². The molecule has 26 heavy (non-hydrogen) atoms. The monoisotopic (exact) mass is 430 g/mol. The summed E-state index contributed by atoms with van der Waals surface area (Å²) in [5.74, 6) is -1.54. The number of hydrogen-bond acceptors (Lipinski definition) is 9. The second kappa shape index (κ2) is 13.9. The predicted octanol–water partition coefficient (Wildman–Crippen LogP) is 1.83. The molecule has 0 radical (unpaired) electrons. The minimum Gasteiger partial charge on any atom is -0.452 e. The van der Waals surface area contributed by atoms with Crippen molar-refractivity contribution in [2.75, 3.05) is 27.2 Å². The van der Waals surface area contributed by atoms with Crippen molar-refractivity contribution < 1.29 is 40.9 Å². The molecule has 0 N–H and O–H groups in total. The van der Waals surface area contributed by atoms with Gasteiger partial charge in [-0.05, 0) is 6.42 Å². The fourth-order valence-electron chi connectivity index (χ4n) is 1.63. The Hall–Kier alpha value is -1.25. The molecule has 9 nitrogen and oxygen atoms in total. The SMILES string of the molecule is C=C[Si](OC(C)=O)(OC(C)=O)OC(C)=O.CO[Si](CCCCl)(OC)OC. The zero-order chi connectivity index (χ0) is 20.8. The first kappa shape index (κ1) is 27.0. The summed E-state index contributed by atoms with van der Waals surface area (Å²) in [5.41, 5.74) is 1.04. The third kappa shape index (κ3) is 11.4. The number of alkyl halides is 1. The molecule has 0 saturated heterocycles. The second-order valence-corrected chi connectivity index (χ2v) is 10.4. The van der Waals surface area contributed by atoms with Crippen LogP contribution in [-0.2, 0) is 40.9 Å². The summed E-state index contributed by atoms with van der Waals surface area (Å²) in [4.78, 5) is 32.3. The Labute approximate surface area is 161 Å². The highest BCUT2D eigenvalue weighted by molar-refractivity contribution is 6.70. The van der Waals surface area contributed by atoms with Crippen LogP contribution in [-0.4, -0.2) is 62.7 Å². The van der Waals surface area contributed by atoms with Gasteiger partial charge in [0.05, 0.1) is 0 Å². The van der Waals surface area contributed by atoms with Crippen molar-refractivity contribution >= 4 is 47.1 Å². The van der Waals surface area contributed by atoms with Gasteiger partial charge in [0.2, 0.25) is 0 Å². The standard InChI is InChI=1S/C8H12O6Si.C6H15ClO3Si/c1-5-15(12-6(2)9,13-7(3)10)14-8(4)11;1-8-11(9-2,10-3)6-4-5-7/h5H,1H2,2-4H3;4-6H2,1-3H3. The minimum atomic E-state index is -3.74. The molecule has 0 aliphatic carbocycles. The summed E-state index contributed by atoms with van der Waals surface area (Å²) in [6, 6.07) is 0.778. The highest BCUT2D eigenvalue weighted by Crippen LogP contribution is 2.15. The number of rotatable bonds is 10. The molecule has 152 valence electrons. The van der Waals surface area contributed by atoms with Gasteiger partial charge in [-0.3, -0.25) is 14.4 Å². The molecule has 0 atom stereocenters. The van der Waals surface area contributed by atoms with E-state index in [1.54, 1.807) is 21.3 Å². The van der Waals surface area contributed by atoms with E-state index in [-0.39, 0.29) is 0 Å². The van der Waals surface area contributed by atoms with E-state index in [4.69, 9.17) is 38.2 Å². The van der Waals surface area contributed by atoms with Gasteiger partial charge >= 0.3 is 17.6 Å². The molecule has 0 aromatic rings. The molecule has 0 aromatic carbocycles. The van der Waals surface area contributed by atoms with Crippen LogP contribution in [0.2, 0.25) is 6.04 Å². The van der Waals surface area contributed by atoms with Crippen molar-refractivity contribution in [1.29, 1.82) is 0 Å². The first-order valence-electron chi connectivity index (χ1n) is 7.49. The molecule has 0 spiro atoms. The summed E-state index contributed by atoms with van der Waals surface area (Å²) >= 11 is 5.53. The van der Waals surface area contributed by atoms with Crippen LogP contribution >= 0.6 is 11.6 Å². The predicted molar refractivity (Wildman–Crippen MR) is 98.2 cm³/mol. The van der Waals surface area contributed by atoms with Gasteiger partial charge < -0.3 is 26.6 Å². The first-order valence-corrected chi connectivity index (χ1v) is 11.8. The lowest BCUT2D eigenvalue weighted by Crippen LogP contribution is -2.47. The molecule has 0 fully saturated rings. The number of carbonyl (C=O) groups excluding carboxylic acids is 3. The van der Waals surface area contributed by atoms with Gasteiger partial charge in [-0.25, -0.2) is 0 Å². The van der Waals surface area contributed by atoms with Gasteiger partial charge in [0.1, 0.15) is 0 Å². The summed E-state index contributed by atoms with van der Waals surface area (Å²) < 4.78 is 29.6. The maximum Gasteiger partial charge on any atom is 0.734 e. The van der Waals surface area contributed by atoms with Gasteiger partial charge in [0, 0.05) is 59.7 Å². The highest BCUT2D eigenvalue weighted by Gasteiger charge is 2.48. The van der Waals surface area contributed by atoms with Gasteiger partial charge in [-0.15, -0.1) is 11.6 Å². The van der Waals surface area contributed by atoms with Crippen molar-refractivity contribution in [2.24, 2.45) is 0 Å². The van der Waals surface area contributed by atoms with E-state index in [1.807, 2.05) is 0 Å². The molecule has 0 unspecified atom stereocenters. The van der Waals surface area contributed by atoms with Gasteiger partial charge in [0.25, 0.3) is 17.9 Å². The lowest BCUT2D eigenvalue weighted by molar-refractivity contribution is -0.146. The van der Waals surface area contributed by atoms with E-state index in [0.29, 0.717) is 5.88 Å². The third-order valence-electron chi connectivity index (χ3n) is 2.66. The average molecular weight is 431 g/mol. The molecule has 0 aliphatic heterocycles. The van der Waals surface area contributed by atoms with Crippen molar-refractivity contribution in [3.8, 4) is 0 Å². The van der Waals surface area contributed by atoms with Crippen molar-refractivity contribution in [2.45, 2.75) is 33.2 Å². The summed E-state index contributed by atoms with van der Waals surface area (Å²) in [6.07, 6.45) is 0.864. The highest BCUT2D eigenvalue weighted by atomic mass is 35.5. The molecular formula is C14H27ClO9Si2. The van der Waals surface area contributed by atoms with Crippen LogP contribution in [0.25, 0.3) is 0 Å². The quantitative estimate of drug-likeness (QED) is 0.379. The third-order valence-corrected chi connectivity index (χ3v) is 7.97. The van der Waals surface area contributed by atoms with Crippen LogP contribution in [0.5, 0.6) is 0 Å². The molecule has 0 aliphatic rings. The van der Waals surface area contributed by atoms with E-state index in [2.05, 4.69) is 6.58 Å². The Balaban J connectivity index is 0. The lowest BCUT2D eigenvalue weighted by atomic mass is 10.6. The topological polar surface area (TPSA) is 107 Å². The molecule has 0 bridgehead atoms. The Kier molecular flexibility index (Phi) is 14.4. The molecule has 0 aromatic heterocycles. The minimum absolute atomic E-state index is 0.616. The summed E-state index contributed by atoms with van der Waals surface area (Å²) in [6.45, 7) is 6.65. The van der Waals surface area contributed by atoms with Crippen LogP contribution in [0.4, 0.5) is 0 Å². The maximum atomic E-state index is 10.8. The summed E-state index contributed by atoms with van der Waals surface area (Å²) in [5, 5.41) is 0. The molecule has 0 amide bonds. The van der Waals surface area contributed by atoms with E-state index in [9.17, 15) is 14.4 Å². The van der Waals surface area contributed by atoms with E-state index in [0.717, 1.165) is 38.9 Å². The molecular weight excluding hydrogens is 404 g/mol. The van der Waals surface area contributed by atoms with E-state index < -0.39 is 35.5 Å². The van der Waals surface area contributed by atoms with Gasteiger partial charge in [-0.1, -0.05) is 6.58 Å². The van der Waals surface area contributed by atoms with E-state index >= 15 is 0 Å². The Morgan fingerprint density at radius 2 is 1.23 bits per heavy atom. The zero-order valence-electron chi connectivity index (χ0n) is 16.0. The number of halogens is 1. The largest absolute Gasteiger partial charge is 0.734 e. The molecule has 0 rings (SSSR count). The maximum absolute atomic E-state index is 10.8.